The first kappa shape index (κ1) is 22.9. The summed E-state index contributed by atoms with van der Waals surface area (Å²) in [5, 5.41) is 15.1. The summed E-state index contributed by atoms with van der Waals surface area (Å²) in [6.07, 6.45) is 0.372. The van der Waals surface area contributed by atoms with Crippen LogP contribution < -0.4 is 16.4 Å². The molecule has 1 aromatic carbocycles. The van der Waals surface area contributed by atoms with Crippen molar-refractivity contribution < 1.29 is 19.5 Å². The lowest BCUT2D eigenvalue weighted by Gasteiger charge is -2.21. The Morgan fingerprint density at radius 3 is 2.22 bits per heavy atom. The first-order chi connectivity index (χ1) is 12.6. The molecule has 0 bridgehead atoms. The number of aliphatic carboxylic acids is 1. The standard InChI is InChI=1S/C19H28ClN3O4/c1-11(2)8-16(19(26)27)23-17(24)9-14(10-22-18(25)12(3)21)13-4-6-15(20)7-5-13/h4-7,11-12,14,16H,8-10,21H2,1-3H3,(H,22,25)(H,23,24)(H,26,27)/t12-,14?,16-/m0/s1. The molecule has 7 nitrogen and oxygen atoms in total. The van der Waals surface area contributed by atoms with Crippen molar-refractivity contribution in [2.45, 2.75) is 51.6 Å². The van der Waals surface area contributed by atoms with Gasteiger partial charge >= 0.3 is 5.97 Å². The molecular formula is C19H28ClN3O4. The second-order valence-electron chi connectivity index (χ2n) is 7.07. The first-order valence-corrected chi connectivity index (χ1v) is 9.28. The van der Waals surface area contributed by atoms with Crippen LogP contribution in [0, 0.1) is 5.92 Å². The van der Waals surface area contributed by atoms with Crippen molar-refractivity contribution in [1.82, 2.24) is 10.6 Å². The number of benzene rings is 1. The average Bonchev–Trinajstić information content (AvgIpc) is 2.57. The molecule has 2 amide bonds. The fourth-order valence-electron chi connectivity index (χ4n) is 2.60. The monoisotopic (exact) mass is 397 g/mol. The Morgan fingerprint density at radius 2 is 1.74 bits per heavy atom. The molecule has 0 radical (unpaired) electrons. The molecule has 0 heterocycles. The highest BCUT2D eigenvalue weighted by Gasteiger charge is 2.24. The highest BCUT2D eigenvalue weighted by atomic mass is 35.5. The molecule has 8 heteroatoms. The van der Waals surface area contributed by atoms with E-state index in [1.165, 1.54) is 0 Å². The van der Waals surface area contributed by atoms with Crippen LogP contribution in [-0.2, 0) is 14.4 Å². The van der Waals surface area contributed by atoms with Gasteiger partial charge in [-0.2, -0.15) is 0 Å². The zero-order valence-corrected chi connectivity index (χ0v) is 16.6. The molecule has 0 aliphatic carbocycles. The van der Waals surface area contributed by atoms with Crippen LogP contribution in [0.15, 0.2) is 24.3 Å². The van der Waals surface area contributed by atoms with Crippen LogP contribution in [0.5, 0.6) is 0 Å². The number of hydrogen-bond acceptors (Lipinski definition) is 4. The highest BCUT2D eigenvalue weighted by molar-refractivity contribution is 6.30. The van der Waals surface area contributed by atoms with Gasteiger partial charge in [-0.05, 0) is 37.0 Å². The molecule has 0 saturated carbocycles. The van der Waals surface area contributed by atoms with Crippen molar-refractivity contribution in [1.29, 1.82) is 0 Å². The van der Waals surface area contributed by atoms with E-state index < -0.39 is 24.0 Å². The molecule has 1 rings (SSSR count). The third kappa shape index (κ3) is 8.41. The third-order valence-corrected chi connectivity index (χ3v) is 4.30. The normalized spacial score (nSPS) is 14.3. The van der Waals surface area contributed by atoms with Gasteiger partial charge in [0.2, 0.25) is 11.8 Å². The average molecular weight is 398 g/mol. The lowest BCUT2D eigenvalue weighted by Crippen LogP contribution is -2.43. The summed E-state index contributed by atoms with van der Waals surface area (Å²) < 4.78 is 0. The summed E-state index contributed by atoms with van der Waals surface area (Å²) in [7, 11) is 0. The van der Waals surface area contributed by atoms with Gasteiger partial charge in [0.05, 0.1) is 6.04 Å². The molecule has 0 fully saturated rings. The predicted octanol–water partition coefficient (Wildman–Crippen LogP) is 1.89. The lowest BCUT2D eigenvalue weighted by atomic mass is 9.94. The zero-order chi connectivity index (χ0) is 20.6. The maximum atomic E-state index is 12.4. The van der Waals surface area contributed by atoms with Gasteiger partial charge in [0.1, 0.15) is 6.04 Å². The van der Waals surface area contributed by atoms with Crippen molar-refractivity contribution in [3.63, 3.8) is 0 Å². The molecule has 5 N–H and O–H groups in total. The van der Waals surface area contributed by atoms with Crippen LogP contribution in [0.3, 0.4) is 0 Å². The summed E-state index contributed by atoms with van der Waals surface area (Å²) in [5.41, 5.74) is 6.37. The van der Waals surface area contributed by atoms with E-state index in [4.69, 9.17) is 17.3 Å². The van der Waals surface area contributed by atoms with Crippen molar-refractivity contribution >= 4 is 29.4 Å². The second-order valence-corrected chi connectivity index (χ2v) is 7.51. The number of nitrogens with two attached hydrogens (primary N) is 1. The Bertz CT molecular complexity index is 647. The molecule has 150 valence electrons. The molecule has 0 aliphatic heterocycles. The van der Waals surface area contributed by atoms with Crippen LogP contribution >= 0.6 is 11.6 Å². The van der Waals surface area contributed by atoms with Gasteiger partial charge in [-0.25, -0.2) is 4.79 Å². The van der Waals surface area contributed by atoms with Crippen LogP contribution in [0.25, 0.3) is 0 Å². The molecule has 3 atom stereocenters. The third-order valence-electron chi connectivity index (χ3n) is 4.05. The van der Waals surface area contributed by atoms with Gasteiger partial charge in [0.25, 0.3) is 0 Å². The van der Waals surface area contributed by atoms with Crippen LogP contribution in [0.4, 0.5) is 0 Å². The summed E-state index contributed by atoms with van der Waals surface area (Å²) in [6, 6.07) is 5.36. The van der Waals surface area contributed by atoms with Gasteiger partial charge in [0, 0.05) is 23.9 Å². The number of rotatable bonds is 10. The SMILES string of the molecule is CC(C)C[C@H](NC(=O)CC(CNC(=O)[C@H](C)N)c1ccc(Cl)cc1)C(=O)O. The number of carboxylic acids is 1. The van der Waals surface area contributed by atoms with E-state index in [0.717, 1.165) is 5.56 Å². The van der Waals surface area contributed by atoms with Gasteiger partial charge in [-0.3, -0.25) is 9.59 Å². The molecule has 27 heavy (non-hydrogen) atoms. The Morgan fingerprint density at radius 1 is 1.15 bits per heavy atom. The molecule has 0 saturated heterocycles. The van der Waals surface area contributed by atoms with Gasteiger partial charge < -0.3 is 21.5 Å². The quantitative estimate of drug-likeness (QED) is 0.480. The Labute approximate surface area is 164 Å². The topological polar surface area (TPSA) is 122 Å². The van der Waals surface area contributed by atoms with Crippen molar-refractivity contribution in [3.05, 3.63) is 34.9 Å². The van der Waals surface area contributed by atoms with Crippen LogP contribution in [-0.4, -0.2) is 41.5 Å². The largest absolute Gasteiger partial charge is 0.480 e. The fraction of sp³-hybridized carbons (Fsp3) is 0.526. The number of carbonyl (C=O) groups excluding carboxylic acids is 2. The van der Waals surface area contributed by atoms with E-state index in [1.807, 2.05) is 13.8 Å². The van der Waals surface area contributed by atoms with E-state index in [2.05, 4.69) is 10.6 Å². The molecule has 1 unspecified atom stereocenters. The summed E-state index contributed by atoms with van der Waals surface area (Å²) in [5.74, 6) is -1.98. The number of carbonyl (C=O) groups is 3. The zero-order valence-electron chi connectivity index (χ0n) is 15.9. The molecular weight excluding hydrogens is 370 g/mol. The number of nitrogens with one attached hydrogen (secondary N) is 2. The first-order valence-electron chi connectivity index (χ1n) is 8.91. The second kappa shape index (κ2) is 10.9. The lowest BCUT2D eigenvalue weighted by molar-refractivity contribution is -0.142. The molecule has 0 aromatic heterocycles. The van der Waals surface area contributed by atoms with Crippen molar-refractivity contribution in [2.75, 3.05) is 6.54 Å². The fourth-order valence-corrected chi connectivity index (χ4v) is 2.72. The summed E-state index contributed by atoms with van der Waals surface area (Å²) in [6.45, 7) is 5.56. The van der Waals surface area contributed by atoms with E-state index in [0.29, 0.717) is 11.4 Å². The minimum absolute atomic E-state index is 0.0305. The Balaban J connectivity index is 2.85. The molecule has 1 aromatic rings. The van der Waals surface area contributed by atoms with E-state index in [1.54, 1.807) is 31.2 Å². The van der Waals surface area contributed by atoms with Crippen molar-refractivity contribution in [2.24, 2.45) is 11.7 Å². The van der Waals surface area contributed by atoms with E-state index in [9.17, 15) is 19.5 Å². The van der Waals surface area contributed by atoms with Gasteiger partial charge in [0.15, 0.2) is 0 Å². The van der Waals surface area contributed by atoms with Gasteiger partial charge in [-0.15, -0.1) is 0 Å². The summed E-state index contributed by atoms with van der Waals surface area (Å²) >= 11 is 5.91. The predicted molar refractivity (Wildman–Crippen MR) is 104 cm³/mol. The smallest absolute Gasteiger partial charge is 0.326 e. The number of halogens is 1. The maximum absolute atomic E-state index is 12.4. The van der Waals surface area contributed by atoms with Gasteiger partial charge in [-0.1, -0.05) is 37.6 Å². The van der Waals surface area contributed by atoms with Crippen LogP contribution in [0.1, 0.15) is 45.1 Å². The van der Waals surface area contributed by atoms with E-state index >= 15 is 0 Å². The Hall–Kier alpha value is -2.12. The highest BCUT2D eigenvalue weighted by Crippen LogP contribution is 2.21. The molecule has 0 aliphatic rings. The van der Waals surface area contributed by atoms with E-state index in [-0.39, 0.29) is 30.7 Å². The molecule has 0 spiro atoms. The number of carboxylic acid groups (broad SMARTS) is 1. The Kier molecular flexibility index (Phi) is 9.25. The minimum atomic E-state index is -1.06. The van der Waals surface area contributed by atoms with Crippen molar-refractivity contribution in [3.8, 4) is 0 Å². The number of amides is 2. The number of hydrogen-bond donors (Lipinski definition) is 4. The minimum Gasteiger partial charge on any atom is -0.480 e. The van der Waals surface area contributed by atoms with Crippen LogP contribution in [0.2, 0.25) is 5.02 Å². The maximum Gasteiger partial charge on any atom is 0.326 e. The summed E-state index contributed by atoms with van der Waals surface area (Å²) in [4.78, 5) is 35.6.